The summed E-state index contributed by atoms with van der Waals surface area (Å²) in [6, 6.07) is 3.00. The first-order chi connectivity index (χ1) is 8.97. The molecule has 0 atom stereocenters. The molecule has 1 aromatic rings. The number of piperidine rings is 1. The molecule has 0 bridgehead atoms. The largest absolute Gasteiger partial charge is 0.459 e. The van der Waals surface area contributed by atoms with Gasteiger partial charge in [0.05, 0.1) is 15.6 Å². The van der Waals surface area contributed by atoms with E-state index in [0.29, 0.717) is 5.69 Å². The van der Waals surface area contributed by atoms with Gasteiger partial charge in [0, 0.05) is 18.8 Å². The third-order valence-electron chi connectivity index (χ3n) is 3.21. The third kappa shape index (κ3) is 3.53. The zero-order chi connectivity index (χ0) is 14.0. The molecular formula is C13H16Cl2N2O2. The summed E-state index contributed by atoms with van der Waals surface area (Å²) >= 11 is 11.9. The van der Waals surface area contributed by atoms with Crippen LogP contribution in [0, 0.1) is 0 Å². The van der Waals surface area contributed by atoms with Gasteiger partial charge in [0.25, 0.3) is 0 Å². The highest BCUT2D eigenvalue weighted by Gasteiger charge is 2.23. The van der Waals surface area contributed by atoms with Crippen molar-refractivity contribution < 1.29 is 9.53 Å². The van der Waals surface area contributed by atoms with Crippen LogP contribution >= 0.6 is 23.2 Å². The van der Waals surface area contributed by atoms with Crippen LogP contribution in [-0.2, 0) is 4.74 Å². The molecule has 1 aliphatic heterocycles. The van der Waals surface area contributed by atoms with E-state index in [1.165, 1.54) is 12.1 Å². The molecule has 0 amide bonds. The summed E-state index contributed by atoms with van der Waals surface area (Å²) in [6.45, 7) is 1.84. The number of hydrogen-bond acceptors (Lipinski definition) is 4. The van der Waals surface area contributed by atoms with E-state index >= 15 is 0 Å². The van der Waals surface area contributed by atoms with Gasteiger partial charge in [-0.3, -0.25) is 0 Å². The molecule has 0 unspecified atom stereocenters. The fraction of sp³-hybridized carbons (Fsp3) is 0.462. The Morgan fingerprint density at radius 1 is 1.37 bits per heavy atom. The van der Waals surface area contributed by atoms with Crippen molar-refractivity contribution in [2.75, 3.05) is 25.9 Å². The van der Waals surface area contributed by atoms with Crippen molar-refractivity contribution >= 4 is 34.9 Å². The molecule has 19 heavy (non-hydrogen) atoms. The van der Waals surface area contributed by atoms with Crippen LogP contribution in [0.5, 0.6) is 0 Å². The van der Waals surface area contributed by atoms with Crippen LogP contribution in [0.3, 0.4) is 0 Å². The standard InChI is InChI=1S/C13H16Cl2N2O2/c1-17-4-2-9(3-5-17)19-13(18)10-6-8(16)7-11(14)12(10)15/h6-7,9H,2-5,16H2,1H3. The first kappa shape index (κ1) is 14.4. The van der Waals surface area contributed by atoms with Gasteiger partial charge in [0.15, 0.2) is 0 Å². The minimum Gasteiger partial charge on any atom is -0.459 e. The topological polar surface area (TPSA) is 55.6 Å². The first-order valence-corrected chi connectivity index (χ1v) is 6.87. The number of rotatable bonds is 2. The highest BCUT2D eigenvalue weighted by Crippen LogP contribution is 2.29. The van der Waals surface area contributed by atoms with Crippen LogP contribution in [0.25, 0.3) is 0 Å². The normalized spacial score (nSPS) is 17.4. The van der Waals surface area contributed by atoms with Crippen LogP contribution < -0.4 is 5.73 Å². The Labute approximate surface area is 122 Å². The van der Waals surface area contributed by atoms with E-state index in [2.05, 4.69) is 4.90 Å². The van der Waals surface area contributed by atoms with Gasteiger partial charge in [-0.05, 0) is 32.0 Å². The summed E-state index contributed by atoms with van der Waals surface area (Å²) < 4.78 is 5.45. The van der Waals surface area contributed by atoms with Crippen LogP contribution in [0.2, 0.25) is 10.0 Å². The molecule has 1 fully saturated rings. The number of carbonyl (C=O) groups excluding carboxylic acids is 1. The summed E-state index contributed by atoms with van der Waals surface area (Å²) in [4.78, 5) is 14.3. The lowest BCUT2D eigenvalue weighted by Gasteiger charge is -2.28. The molecule has 1 aliphatic rings. The number of nitrogens with zero attached hydrogens (tertiary/aromatic N) is 1. The second kappa shape index (κ2) is 5.99. The van der Waals surface area contributed by atoms with Gasteiger partial charge >= 0.3 is 5.97 Å². The predicted octanol–water partition coefficient (Wildman–Crippen LogP) is 2.83. The smallest absolute Gasteiger partial charge is 0.340 e. The number of likely N-dealkylation sites (tertiary alicyclic amines) is 1. The van der Waals surface area contributed by atoms with Gasteiger partial charge in [0.2, 0.25) is 0 Å². The molecule has 1 saturated heterocycles. The molecule has 4 nitrogen and oxygen atoms in total. The molecule has 0 aliphatic carbocycles. The average molecular weight is 303 g/mol. The maximum Gasteiger partial charge on any atom is 0.340 e. The minimum absolute atomic E-state index is 0.0695. The first-order valence-electron chi connectivity index (χ1n) is 6.11. The van der Waals surface area contributed by atoms with Crippen molar-refractivity contribution in [1.82, 2.24) is 4.90 Å². The predicted molar refractivity (Wildman–Crippen MR) is 76.8 cm³/mol. The summed E-state index contributed by atoms with van der Waals surface area (Å²) in [5.74, 6) is -0.464. The van der Waals surface area contributed by atoms with E-state index in [1.54, 1.807) is 0 Å². The van der Waals surface area contributed by atoms with Gasteiger partial charge in [-0.1, -0.05) is 23.2 Å². The highest BCUT2D eigenvalue weighted by atomic mass is 35.5. The highest BCUT2D eigenvalue weighted by molar-refractivity contribution is 6.44. The number of nitrogens with two attached hydrogens (primary N) is 1. The van der Waals surface area contributed by atoms with Crippen molar-refractivity contribution in [3.63, 3.8) is 0 Å². The lowest BCUT2D eigenvalue weighted by Crippen LogP contribution is -2.35. The number of benzene rings is 1. The monoisotopic (exact) mass is 302 g/mol. The van der Waals surface area contributed by atoms with Crippen LogP contribution in [0.1, 0.15) is 23.2 Å². The molecule has 0 radical (unpaired) electrons. The van der Waals surface area contributed by atoms with E-state index in [4.69, 9.17) is 33.7 Å². The van der Waals surface area contributed by atoms with Gasteiger partial charge in [-0.2, -0.15) is 0 Å². The Balaban J connectivity index is 2.08. The van der Waals surface area contributed by atoms with Crippen LogP contribution in [-0.4, -0.2) is 37.1 Å². The summed E-state index contributed by atoms with van der Waals surface area (Å²) in [6.07, 6.45) is 1.59. The van der Waals surface area contributed by atoms with Gasteiger partial charge < -0.3 is 15.4 Å². The Hall–Kier alpha value is -0.970. The number of esters is 1. The number of halogens is 2. The Kier molecular flexibility index (Phi) is 4.55. The number of carbonyl (C=O) groups is 1. The SMILES string of the molecule is CN1CCC(OC(=O)c2cc(N)cc(Cl)c2Cl)CC1. The maximum atomic E-state index is 12.1. The lowest BCUT2D eigenvalue weighted by molar-refractivity contribution is 0.0139. The molecule has 2 N–H and O–H groups in total. The molecule has 2 rings (SSSR count). The third-order valence-corrected chi connectivity index (χ3v) is 4.01. The molecule has 1 aromatic carbocycles. The minimum atomic E-state index is -0.464. The molecule has 1 heterocycles. The number of nitrogen functional groups attached to an aromatic ring is 1. The zero-order valence-corrected chi connectivity index (χ0v) is 12.2. The van der Waals surface area contributed by atoms with Gasteiger partial charge in [-0.25, -0.2) is 4.79 Å². The molecule has 104 valence electrons. The zero-order valence-electron chi connectivity index (χ0n) is 10.7. The fourth-order valence-corrected chi connectivity index (χ4v) is 2.49. The molecule has 6 heteroatoms. The molecule has 0 spiro atoms. The second-order valence-corrected chi connectivity index (χ2v) is 5.56. The van der Waals surface area contributed by atoms with Gasteiger partial charge in [-0.15, -0.1) is 0 Å². The molecule has 0 aromatic heterocycles. The average Bonchev–Trinajstić information content (AvgIpc) is 2.36. The van der Waals surface area contributed by atoms with Crippen LogP contribution in [0.4, 0.5) is 5.69 Å². The summed E-state index contributed by atoms with van der Waals surface area (Å²) in [7, 11) is 2.05. The fourth-order valence-electron chi connectivity index (χ4n) is 2.08. The number of ether oxygens (including phenoxy) is 1. The Bertz CT molecular complexity index is 486. The molecule has 0 saturated carbocycles. The van der Waals surface area contributed by atoms with E-state index in [1.807, 2.05) is 7.05 Å². The van der Waals surface area contributed by atoms with E-state index in [9.17, 15) is 4.79 Å². The number of anilines is 1. The van der Waals surface area contributed by atoms with Gasteiger partial charge in [0.1, 0.15) is 6.10 Å². The summed E-state index contributed by atoms with van der Waals surface area (Å²) in [5.41, 5.74) is 6.28. The van der Waals surface area contributed by atoms with Crippen molar-refractivity contribution in [1.29, 1.82) is 0 Å². The van der Waals surface area contributed by atoms with Crippen molar-refractivity contribution in [3.05, 3.63) is 27.7 Å². The second-order valence-electron chi connectivity index (χ2n) is 4.77. The van der Waals surface area contributed by atoms with Crippen LogP contribution in [0.15, 0.2) is 12.1 Å². The number of hydrogen-bond donors (Lipinski definition) is 1. The maximum absolute atomic E-state index is 12.1. The van der Waals surface area contributed by atoms with Crippen molar-refractivity contribution in [2.24, 2.45) is 0 Å². The Morgan fingerprint density at radius 3 is 2.63 bits per heavy atom. The van der Waals surface area contributed by atoms with E-state index in [-0.39, 0.29) is 21.7 Å². The molecular weight excluding hydrogens is 287 g/mol. The van der Waals surface area contributed by atoms with Crippen molar-refractivity contribution in [2.45, 2.75) is 18.9 Å². The lowest BCUT2D eigenvalue weighted by atomic mass is 10.1. The van der Waals surface area contributed by atoms with E-state index < -0.39 is 5.97 Å². The van der Waals surface area contributed by atoms with E-state index in [0.717, 1.165) is 25.9 Å². The quantitative estimate of drug-likeness (QED) is 0.674. The summed E-state index contributed by atoms with van der Waals surface area (Å²) in [5, 5.41) is 0.450. The van der Waals surface area contributed by atoms with Crippen molar-refractivity contribution in [3.8, 4) is 0 Å². The Morgan fingerprint density at radius 2 is 2.00 bits per heavy atom.